The average Bonchev–Trinajstić information content (AvgIpc) is 2.56. The Kier molecular flexibility index (Phi) is 2.12. The highest BCUT2D eigenvalue weighted by molar-refractivity contribution is 5.63. The maximum Gasteiger partial charge on any atom is 0.419 e. The molecule has 0 fully saturated rings. The highest BCUT2D eigenvalue weighted by Crippen LogP contribution is 2.32. The Hall–Kier alpha value is -2.03. The molecule has 0 saturated carbocycles. The van der Waals surface area contributed by atoms with Crippen molar-refractivity contribution in [1.82, 2.24) is 4.40 Å². The van der Waals surface area contributed by atoms with Gasteiger partial charge in [0.25, 0.3) is 0 Å². The lowest BCUT2D eigenvalue weighted by atomic mass is 10.2. The molecule has 2 rings (SSSR count). The molecule has 0 aliphatic carbocycles. The summed E-state index contributed by atoms with van der Waals surface area (Å²) in [4.78, 5) is 0. The van der Waals surface area contributed by atoms with Crippen LogP contribution in [0.1, 0.15) is 11.1 Å². The lowest BCUT2D eigenvalue weighted by Gasteiger charge is -2.08. The van der Waals surface area contributed by atoms with Crippen molar-refractivity contribution in [2.75, 3.05) is 0 Å². The Morgan fingerprint density at radius 1 is 1.31 bits per heavy atom. The first kappa shape index (κ1) is 10.5. The molecule has 16 heavy (non-hydrogen) atoms. The fraction of sp³-hybridized carbons (Fsp3) is 0.100. The van der Waals surface area contributed by atoms with Gasteiger partial charge in [-0.15, -0.1) is 0 Å². The van der Waals surface area contributed by atoms with Crippen molar-refractivity contribution in [2.45, 2.75) is 6.18 Å². The van der Waals surface area contributed by atoms with Crippen LogP contribution >= 0.6 is 0 Å². The molecular weight excluding hydrogens is 224 g/mol. The van der Waals surface area contributed by atoms with Crippen molar-refractivity contribution in [3.8, 4) is 6.07 Å². The highest BCUT2D eigenvalue weighted by atomic mass is 19.4. The van der Waals surface area contributed by atoms with Crippen molar-refractivity contribution >= 4 is 5.52 Å². The van der Waals surface area contributed by atoms with Crippen LogP contribution in [0.4, 0.5) is 17.6 Å². The summed E-state index contributed by atoms with van der Waals surface area (Å²) in [5, 5.41) is 8.65. The molecule has 2 aromatic rings. The number of aromatic nitrogens is 1. The molecule has 0 spiro atoms. The molecule has 0 radical (unpaired) electrons. The van der Waals surface area contributed by atoms with Gasteiger partial charge in [0.1, 0.15) is 6.07 Å². The van der Waals surface area contributed by atoms with E-state index >= 15 is 0 Å². The van der Waals surface area contributed by atoms with Crippen molar-refractivity contribution in [3.05, 3.63) is 41.5 Å². The van der Waals surface area contributed by atoms with Crippen LogP contribution in [0, 0.1) is 17.1 Å². The Balaban J connectivity index is 2.78. The van der Waals surface area contributed by atoms with Crippen LogP contribution in [0.3, 0.4) is 0 Å². The van der Waals surface area contributed by atoms with Gasteiger partial charge in [0, 0.05) is 12.4 Å². The number of pyridine rings is 1. The summed E-state index contributed by atoms with van der Waals surface area (Å²) in [7, 11) is 0. The second-order valence-electron chi connectivity index (χ2n) is 3.17. The Morgan fingerprint density at radius 2 is 2.00 bits per heavy atom. The quantitative estimate of drug-likeness (QED) is 0.637. The maximum atomic E-state index is 13.1. The average molecular weight is 228 g/mol. The van der Waals surface area contributed by atoms with Crippen LogP contribution in [0.15, 0.2) is 24.5 Å². The molecule has 2 heterocycles. The van der Waals surface area contributed by atoms with Crippen molar-refractivity contribution in [3.63, 3.8) is 0 Å². The van der Waals surface area contributed by atoms with E-state index < -0.39 is 17.6 Å². The van der Waals surface area contributed by atoms with Crippen molar-refractivity contribution in [1.29, 1.82) is 5.26 Å². The topological polar surface area (TPSA) is 28.2 Å². The minimum absolute atomic E-state index is 0.0382. The number of nitriles is 1. The lowest BCUT2D eigenvalue weighted by Crippen LogP contribution is -2.09. The van der Waals surface area contributed by atoms with E-state index in [1.807, 2.05) is 0 Å². The molecule has 0 amide bonds. The van der Waals surface area contributed by atoms with E-state index in [1.165, 1.54) is 12.3 Å². The summed E-state index contributed by atoms with van der Waals surface area (Å²) in [6, 6.07) is 3.70. The fourth-order valence-corrected chi connectivity index (χ4v) is 1.43. The molecule has 82 valence electrons. The van der Waals surface area contributed by atoms with E-state index in [0.717, 1.165) is 4.40 Å². The number of hydrogen-bond donors (Lipinski definition) is 0. The molecule has 2 aromatic heterocycles. The van der Waals surface area contributed by atoms with Gasteiger partial charge in [-0.2, -0.15) is 18.4 Å². The summed E-state index contributed by atoms with van der Waals surface area (Å²) in [5.74, 6) is -1.36. The fourth-order valence-electron chi connectivity index (χ4n) is 1.43. The van der Waals surface area contributed by atoms with Crippen LogP contribution in [0.25, 0.3) is 5.52 Å². The van der Waals surface area contributed by atoms with E-state index in [2.05, 4.69) is 0 Å². The molecule has 0 N–H and O–H groups in total. The third-order valence-corrected chi connectivity index (χ3v) is 2.17. The predicted octanol–water partition coefficient (Wildman–Crippen LogP) is 2.97. The van der Waals surface area contributed by atoms with Crippen molar-refractivity contribution in [2.24, 2.45) is 0 Å². The highest BCUT2D eigenvalue weighted by Gasteiger charge is 2.34. The van der Waals surface area contributed by atoms with Crippen LogP contribution in [0.2, 0.25) is 0 Å². The van der Waals surface area contributed by atoms with Crippen molar-refractivity contribution < 1.29 is 17.6 Å². The van der Waals surface area contributed by atoms with Gasteiger partial charge in [0.15, 0.2) is 5.82 Å². The Labute approximate surface area is 87.3 Å². The standard InChI is InChI=1S/C10H4F4N2/c11-8-5-16-2-1-6(4-15)9(16)3-7(8)10(12,13)14/h1-3,5H. The number of alkyl halides is 3. The molecular formula is C10H4F4N2. The smallest absolute Gasteiger partial charge is 0.320 e. The first-order valence-electron chi connectivity index (χ1n) is 4.21. The van der Waals surface area contributed by atoms with Gasteiger partial charge in [-0.3, -0.25) is 0 Å². The van der Waals surface area contributed by atoms with Gasteiger partial charge in [0.05, 0.1) is 16.6 Å². The Bertz CT molecular complexity index is 589. The van der Waals surface area contributed by atoms with E-state index in [0.29, 0.717) is 12.3 Å². The SMILES string of the molecule is N#Cc1ccn2cc(F)c(C(F)(F)F)cc12. The van der Waals surface area contributed by atoms with Crippen LogP contribution in [-0.2, 0) is 6.18 Å². The number of fused-ring (bicyclic) bond motifs is 1. The monoisotopic (exact) mass is 228 g/mol. The third-order valence-electron chi connectivity index (χ3n) is 2.17. The predicted molar refractivity (Wildman–Crippen MR) is 47.1 cm³/mol. The molecule has 0 saturated heterocycles. The summed E-state index contributed by atoms with van der Waals surface area (Å²) in [6.45, 7) is 0. The molecule has 0 unspecified atom stereocenters. The largest absolute Gasteiger partial charge is 0.419 e. The summed E-state index contributed by atoms with van der Waals surface area (Å²) >= 11 is 0. The molecule has 2 nitrogen and oxygen atoms in total. The van der Waals surface area contributed by atoms with Gasteiger partial charge in [0.2, 0.25) is 0 Å². The van der Waals surface area contributed by atoms with Gasteiger partial charge < -0.3 is 4.40 Å². The van der Waals surface area contributed by atoms with E-state index in [1.54, 1.807) is 6.07 Å². The van der Waals surface area contributed by atoms with Gasteiger partial charge in [-0.25, -0.2) is 4.39 Å². The minimum Gasteiger partial charge on any atom is -0.320 e. The summed E-state index contributed by atoms with van der Waals surface area (Å²) in [6.07, 6.45) is -2.72. The number of halogens is 4. The van der Waals surface area contributed by atoms with E-state index in [-0.39, 0.29) is 11.1 Å². The molecule has 0 aliphatic rings. The van der Waals surface area contributed by atoms with Crippen LogP contribution < -0.4 is 0 Å². The first-order chi connectivity index (χ1) is 7.43. The zero-order valence-electron chi connectivity index (χ0n) is 7.72. The van der Waals surface area contributed by atoms with E-state index in [4.69, 9.17) is 5.26 Å². The van der Waals surface area contributed by atoms with Gasteiger partial charge in [-0.1, -0.05) is 0 Å². The zero-order valence-corrected chi connectivity index (χ0v) is 7.72. The normalized spacial score (nSPS) is 11.7. The zero-order chi connectivity index (χ0) is 11.9. The van der Waals surface area contributed by atoms with Gasteiger partial charge >= 0.3 is 6.18 Å². The Morgan fingerprint density at radius 3 is 2.56 bits per heavy atom. The molecule has 0 aliphatic heterocycles. The number of nitrogens with zero attached hydrogens (tertiary/aromatic N) is 2. The number of hydrogen-bond acceptors (Lipinski definition) is 1. The number of rotatable bonds is 0. The summed E-state index contributed by atoms with van der Waals surface area (Å²) < 4.78 is 51.4. The summed E-state index contributed by atoms with van der Waals surface area (Å²) in [5.41, 5.74) is -1.25. The third kappa shape index (κ3) is 1.50. The van der Waals surface area contributed by atoms with E-state index in [9.17, 15) is 17.6 Å². The second-order valence-corrected chi connectivity index (χ2v) is 3.17. The second kappa shape index (κ2) is 3.23. The molecule has 6 heteroatoms. The molecule has 0 bridgehead atoms. The van der Waals surface area contributed by atoms with Crippen LogP contribution in [-0.4, -0.2) is 4.40 Å². The minimum atomic E-state index is -4.76. The molecule has 0 atom stereocenters. The molecule has 0 aromatic carbocycles. The first-order valence-corrected chi connectivity index (χ1v) is 4.21. The van der Waals surface area contributed by atoms with Gasteiger partial charge in [-0.05, 0) is 12.1 Å². The van der Waals surface area contributed by atoms with Crippen LogP contribution in [0.5, 0.6) is 0 Å². The lowest BCUT2D eigenvalue weighted by molar-refractivity contribution is -0.139. The maximum absolute atomic E-state index is 13.1.